The smallest absolute Gasteiger partial charge is 0.234 e. The number of carbonyl (C=O) groups excluding carboxylic acids is 1. The van der Waals surface area contributed by atoms with Crippen LogP contribution in [0.25, 0.3) is 0 Å². The summed E-state index contributed by atoms with van der Waals surface area (Å²) < 4.78 is 5.22. The van der Waals surface area contributed by atoms with E-state index < -0.39 is 0 Å². The van der Waals surface area contributed by atoms with Gasteiger partial charge in [0.05, 0.1) is 19.7 Å². The molecule has 0 aromatic heterocycles. The van der Waals surface area contributed by atoms with Crippen molar-refractivity contribution in [1.29, 1.82) is 0 Å². The lowest BCUT2D eigenvalue weighted by molar-refractivity contribution is -0.122. The molecule has 1 unspecified atom stereocenters. The van der Waals surface area contributed by atoms with E-state index in [1.165, 1.54) is 0 Å². The Morgan fingerprint density at radius 3 is 2.71 bits per heavy atom. The summed E-state index contributed by atoms with van der Waals surface area (Å²) in [6.45, 7) is 2.91. The van der Waals surface area contributed by atoms with Crippen LogP contribution < -0.4 is 10.1 Å². The number of amides is 1. The molecule has 0 radical (unpaired) electrons. The predicted octanol–water partition coefficient (Wildman–Crippen LogP) is 3.66. The highest BCUT2D eigenvalue weighted by Crippen LogP contribution is 2.22. The number of halogens is 1. The van der Waals surface area contributed by atoms with Gasteiger partial charge in [-0.25, -0.2) is 0 Å². The van der Waals surface area contributed by atoms with Gasteiger partial charge in [-0.05, 0) is 43.3 Å². The molecule has 2 aromatic rings. The highest BCUT2D eigenvalue weighted by atomic mass is 35.5. The van der Waals surface area contributed by atoms with E-state index in [4.69, 9.17) is 16.3 Å². The van der Waals surface area contributed by atoms with Gasteiger partial charge in [-0.1, -0.05) is 41.9 Å². The van der Waals surface area contributed by atoms with Crippen molar-refractivity contribution >= 4 is 17.5 Å². The van der Waals surface area contributed by atoms with Gasteiger partial charge in [0.1, 0.15) is 5.75 Å². The molecule has 2 rings (SSSR count). The Bertz CT molecular complexity index is 691. The van der Waals surface area contributed by atoms with Gasteiger partial charge in [-0.15, -0.1) is 0 Å². The second-order valence-electron chi connectivity index (χ2n) is 5.83. The molecule has 5 heteroatoms. The molecular formula is C19H23ClN2O2. The van der Waals surface area contributed by atoms with E-state index in [1.54, 1.807) is 7.11 Å². The van der Waals surface area contributed by atoms with Gasteiger partial charge in [0.25, 0.3) is 0 Å². The van der Waals surface area contributed by atoms with Gasteiger partial charge in [-0.3, -0.25) is 9.69 Å². The summed E-state index contributed by atoms with van der Waals surface area (Å²) in [6.07, 6.45) is 0. The summed E-state index contributed by atoms with van der Waals surface area (Å²) in [5.41, 5.74) is 2.02. The zero-order valence-corrected chi connectivity index (χ0v) is 15.0. The third-order valence-electron chi connectivity index (χ3n) is 3.75. The van der Waals surface area contributed by atoms with Gasteiger partial charge in [-0.2, -0.15) is 0 Å². The molecule has 24 heavy (non-hydrogen) atoms. The van der Waals surface area contributed by atoms with Crippen LogP contribution in [0, 0.1) is 0 Å². The maximum absolute atomic E-state index is 12.2. The first-order valence-electron chi connectivity index (χ1n) is 7.85. The fourth-order valence-corrected chi connectivity index (χ4v) is 2.87. The standard InChI is InChI=1S/C19H23ClN2O2/c1-14(17-9-4-5-10-18(17)20)21-19(23)13-22(2)12-15-7-6-8-16(11-15)24-3/h4-11,14H,12-13H2,1-3H3,(H,21,23). The van der Waals surface area contributed by atoms with Gasteiger partial charge >= 0.3 is 0 Å². The summed E-state index contributed by atoms with van der Waals surface area (Å²) in [5.74, 6) is 0.783. The zero-order chi connectivity index (χ0) is 17.5. The van der Waals surface area contributed by atoms with Crippen molar-refractivity contribution in [2.75, 3.05) is 20.7 Å². The average molecular weight is 347 g/mol. The molecule has 0 saturated heterocycles. The Labute approximate surface area is 148 Å². The van der Waals surface area contributed by atoms with Crippen molar-refractivity contribution in [3.8, 4) is 5.75 Å². The maximum Gasteiger partial charge on any atom is 0.234 e. The maximum atomic E-state index is 12.2. The van der Waals surface area contributed by atoms with Crippen LogP contribution in [0.1, 0.15) is 24.1 Å². The fraction of sp³-hybridized carbons (Fsp3) is 0.316. The molecule has 128 valence electrons. The van der Waals surface area contributed by atoms with E-state index in [0.717, 1.165) is 16.9 Å². The van der Waals surface area contributed by atoms with Crippen LogP contribution in [0.4, 0.5) is 0 Å². The Morgan fingerprint density at radius 1 is 1.25 bits per heavy atom. The average Bonchev–Trinajstić information content (AvgIpc) is 2.55. The zero-order valence-electron chi connectivity index (χ0n) is 14.3. The number of hydrogen-bond donors (Lipinski definition) is 1. The predicted molar refractivity (Wildman–Crippen MR) is 97.3 cm³/mol. The van der Waals surface area contributed by atoms with Crippen LogP contribution in [0.2, 0.25) is 5.02 Å². The van der Waals surface area contributed by atoms with Gasteiger partial charge in [0, 0.05) is 11.6 Å². The lowest BCUT2D eigenvalue weighted by atomic mass is 10.1. The highest BCUT2D eigenvalue weighted by molar-refractivity contribution is 6.31. The summed E-state index contributed by atoms with van der Waals surface area (Å²) in [7, 11) is 3.56. The first-order chi connectivity index (χ1) is 11.5. The minimum atomic E-state index is -0.128. The van der Waals surface area contributed by atoms with Crippen LogP contribution in [0.15, 0.2) is 48.5 Å². The quantitative estimate of drug-likeness (QED) is 0.832. The van der Waals surface area contributed by atoms with Crippen LogP contribution in [-0.2, 0) is 11.3 Å². The van der Waals surface area contributed by atoms with Gasteiger partial charge < -0.3 is 10.1 Å². The molecule has 0 aliphatic heterocycles. The van der Waals surface area contributed by atoms with Crippen LogP contribution in [0.5, 0.6) is 5.75 Å². The normalized spacial score (nSPS) is 12.0. The van der Waals surface area contributed by atoms with Crippen molar-refractivity contribution in [3.63, 3.8) is 0 Å². The van der Waals surface area contributed by atoms with Crippen molar-refractivity contribution in [1.82, 2.24) is 10.2 Å². The molecule has 0 aliphatic rings. The number of rotatable bonds is 7. The lowest BCUT2D eigenvalue weighted by Gasteiger charge is -2.20. The molecule has 0 saturated carbocycles. The van der Waals surface area contributed by atoms with Crippen molar-refractivity contribution in [2.45, 2.75) is 19.5 Å². The van der Waals surface area contributed by atoms with E-state index in [9.17, 15) is 4.79 Å². The Balaban J connectivity index is 1.88. The number of nitrogens with one attached hydrogen (secondary N) is 1. The van der Waals surface area contributed by atoms with E-state index >= 15 is 0 Å². The Morgan fingerprint density at radius 2 is 2.00 bits per heavy atom. The number of hydrogen-bond acceptors (Lipinski definition) is 3. The third kappa shape index (κ3) is 5.25. The van der Waals surface area contributed by atoms with Crippen LogP contribution in [-0.4, -0.2) is 31.5 Å². The molecule has 1 amide bonds. The van der Waals surface area contributed by atoms with Crippen molar-refractivity contribution in [2.24, 2.45) is 0 Å². The van der Waals surface area contributed by atoms with Crippen LogP contribution >= 0.6 is 11.6 Å². The Hall–Kier alpha value is -2.04. The van der Waals surface area contributed by atoms with E-state index in [2.05, 4.69) is 5.32 Å². The molecule has 4 nitrogen and oxygen atoms in total. The second kappa shape index (κ2) is 8.71. The fourth-order valence-electron chi connectivity index (χ4n) is 2.57. The number of nitrogens with zero attached hydrogens (tertiary/aromatic N) is 1. The summed E-state index contributed by atoms with van der Waals surface area (Å²) in [4.78, 5) is 14.2. The molecule has 0 bridgehead atoms. The molecule has 1 N–H and O–H groups in total. The van der Waals surface area contributed by atoms with E-state index in [-0.39, 0.29) is 11.9 Å². The van der Waals surface area contributed by atoms with Gasteiger partial charge in [0.15, 0.2) is 0 Å². The van der Waals surface area contributed by atoms with Crippen molar-refractivity contribution < 1.29 is 9.53 Å². The topological polar surface area (TPSA) is 41.6 Å². The first kappa shape index (κ1) is 18.3. The largest absolute Gasteiger partial charge is 0.497 e. The minimum Gasteiger partial charge on any atom is -0.497 e. The second-order valence-corrected chi connectivity index (χ2v) is 6.24. The summed E-state index contributed by atoms with van der Waals surface area (Å²) in [6, 6.07) is 15.3. The SMILES string of the molecule is COc1cccc(CN(C)CC(=O)NC(C)c2ccccc2Cl)c1. The van der Waals surface area contributed by atoms with Crippen molar-refractivity contribution in [3.05, 3.63) is 64.7 Å². The molecule has 0 heterocycles. The lowest BCUT2D eigenvalue weighted by Crippen LogP contribution is -2.36. The number of benzene rings is 2. The molecule has 2 aromatic carbocycles. The molecular weight excluding hydrogens is 324 g/mol. The number of methoxy groups -OCH3 is 1. The van der Waals surface area contributed by atoms with E-state index in [1.807, 2.05) is 67.4 Å². The molecule has 1 atom stereocenters. The molecule has 0 fully saturated rings. The first-order valence-corrected chi connectivity index (χ1v) is 8.22. The minimum absolute atomic E-state index is 0.0344. The summed E-state index contributed by atoms with van der Waals surface area (Å²) >= 11 is 6.17. The highest BCUT2D eigenvalue weighted by Gasteiger charge is 2.14. The summed E-state index contributed by atoms with van der Waals surface area (Å²) in [5, 5.41) is 3.65. The van der Waals surface area contributed by atoms with Gasteiger partial charge in [0.2, 0.25) is 5.91 Å². The number of ether oxygens (including phenoxy) is 1. The van der Waals surface area contributed by atoms with Crippen LogP contribution in [0.3, 0.4) is 0 Å². The Kier molecular flexibility index (Phi) is 6.64. The van der Waals surface area contributed by atoms with E-state index in [0.29, 0.717) is 18.1 Å². The molecule has 0 aliphatic carbocycles. The third-order valence-corrected chi connectivity index (χ3v) is 4.09. The molecule has 0 spiro atoms. The number of likely N-dealkylation sites (N-methyl/N-ethyl adjacent to an activating group) is 1. The number of carbonyl (C=O) groups is 1. The monoisotopic (exact) mass is 346 g/mol.